The average molecular weight is 296 g/mol. The van der Waals surface area contributed by atoms with Crippen LogP contribution in [0, 0.1) is 16.0 Å². The lowest BCUT2D eigenvalue weighted by Gasteiger charge is -2.09. The van der Waals surface area contributed by atoms with Gasteiger partial charge >= 0.3 is 5.97 Å². The molecule has 0 aliphatic rings. The third kappa shape index (κ3) is 5.78. The summed E-state index contributed by atoms with van der Waals surface area (Å²) in [5.41, 5.74) is -0.204. The first-order valence-corrected chi connectivity index (χ1v) is 6.75. The van der Waals surface area contributed by atoms with Crippen molar-refractivity contribution in [2.24, 2.45) is 5.92 Å². The molecule has 116 valence electrons. The Morgan fingerprint density at radius 1 is 1.48 bits per heavy atom. The van der Waals surface area contributed by atoms with Crippen LogP contribution in [0.1, 0.15) is 30.6 Å². The molecule has 7 nitrogen and oxygen atoms in total. The molecule has 1 rings (SSSR count). The van der Waals surface area contributed by atoms with Crippen molar-refractivity contribution in [2.75, 3.05) is 25.1 Å². The highest BCUT2D eigenvalue weighted by Crippen LogP contribution is 2.23. The molecule has 0 aliphatic heterocycles. The van der Waals surface area contributed by atoms with E-state index < -0.39 is 16.6 Å². The van der Waals surface area contributed by atoms with Crippen LogP contribution < -0.4 is 5.32 Å². The zero-order chi connectivity index (χ0) is 15.8. The summed E-state index contributed by atoms with van der Waals surface area (Å²) in [5.74, 6) is -0.820. The molecule has 0 atom stereocenters. The van der Waals surface area contributed by atoms with E-state index >= 15 is 0 Å². The van der Waals surface area contributed by atoms with Crippen LogP contribution in [0.2, 0.25) is 0 Å². The van der Waals surface area contributed by atoms with Gasteiger partial charge in [0.15, 0.2) is 0 Å². The lowest BCUT2D eigenvalue weighted by atomic mass is 10.1. The molecule has 0 radical (unpaired) electrons. The highest BCUT2D eigenvalue weighted by Gasteiger charge is 2.19. The number of nitro benzene ring substituents is 1. The molecule has 0 spiro atoms. The van der Waals surface area contributed by atoms with Gasteiger partial charge in [0.1, 0.15) is 5.56 Å². The summed E-state index contributed by atoms with van der Waals surface area (Å²) in [6.07, 6.45) is 0.765. The Kier molecular flexibility index (Phi) is 6.61. The third-order valence-electron chi connectivity index (χ3n) is 2.67. The van der Waals surface area contributed by atoms with E-state index in [0.29, 0.717) is 31.4 Å². The van der Waals surface area contributed by atoms with Crippen LogP contribution >= 0.6 is 0 Å². The normalized spacial score (nSPS) is 10.6. The van der Waals surface area contributed by atoms with E-state index in [1.807, 2.05) is 0 Å². The first kappa shape index (κ1) is 16.9. The molecular weight excluding hydrogens is 276 g/mol. The van der Waals surface area contributed by atoms with Gasteiger partial charge in [0.05, 0.1) is 4.92 Å². The third-order valence-corrected chi connectivity index (χ3v) is 2.67. The number of carbonyl (C=O) groups is 1. The molecule has 0 unspecified atom stereocenters. The molecule has 0 heterocycles. The Morgan fingerprint density at radius 3 is 2.76 bits per heavy atom. The number of nitro groups is 1. The topological polar surface area (TPSA) is 102 Å². The summed E-state index contributed by atoms with van der Waals surface area (Å²) in [4.78, 5) is 21.0. The van der Waals surface area contributed by atoms with Crippen LogP contribution in [0.15, 0.2) is 18.2 Å². The van der Waals surface area contributed by atoms with Gasteiger partial charge in [-0.1, -0.05) is 13.8 Å². The number of hydrogen-bond acceptors (Lipinski definition) is 5. The van der Waals surface area contributed by atoms with E-state index in [4.69, 9.17) is 9.84 Å². The number of benzene rings is 1. The van der Waals surface area contributed by atoms with Crippen molar-refractivity contribution in [1.29, 1.82) is 0 Å². The molecular formula is C14H20N2O5. The number of ether oxygens (including phenoxy) is 1. The molecule has 21 heavy (non-hydrogen) atoms. The first-order chi connectivity index (χ1) is 9.91. The molecule has 1 aromatic carbocycles. The SMILES string of the molecule is CC(C)COCCCNc1ccc(C(=O)O)c([N+](=O)[O-])c1. The predicted molar refractivity (Wildman–Crippen MR) is 78.8 cm³/mol. The second-order valence-electron chi connectivity index (χ2n) is 5.04. The number of nitrogens with one attached hydrogen (secondary N) is 1. The van der Waals surface area contributed by atoms with Crippen molar-refractivity contribution < 1.29 is 19.6 Å². The van der Waals surface area contributed by atoms with E-state index in [2.05, 4.69) is 19.2 Å². The molecule has 0 bridgehead atoms. The predicted octanol–water partition coefficient (Wildman–Crippen LogP) is 2.77. The molecule has 0 amide bonds. The molecule has 0 saturated heterocycles. The maximum atomic E-state index is 10.9. The van der Waals surface area contributed by atoms with E-state index in [1.165, 1.54) is 18.2 Å². The lowest BCUT2D eigenvalue weighted by Crippen LogP contribution is -2.09. The fourth-order valence-corrected chi connectivity index (χ4v) is 1.70. The van der Waals surface area contributed by atoms with E-state index in [1.54, 1.807) is 0 Å². The van der Waals surface area contributed by atoms with Gasteiger partial charge in [-0.15, -0.1) is 0 Å². The van der Waals surface area contributed by atoms with Gasteiger partial charge in [-0.25, -0.2) is 4.79 Å². The van der Waals surface area contributed by atoms with Crippen LogP contribution in [0.25, 0.3) is 0 Å². The molecule has 1 aromatic rings. The summed E-state index contributed by atoms with van der Waals surface area (Å²) >= 11 is 0. The molecule has 2 N–H and O–H groups in total. The number of carboxylic acids is 1. The first-order valence-electron chi connectivity index (χ1n) is 6.75. The summed E-state index contributed by atoms with van der Waals surface area (Å²) < 4.78 is 5.42. The number of hydrogen-bond donors (Lipinski definition) is 2. The van der Waals surface area contributed by atoms with Crippen molar-refractivity contribution in [3.8, 4) is 0 Å². The van der Waals surface area contributed by atoms with Gasteiger partial charge in [-0.2, -0.15) is 0 Å². The van der Waals surface area contributed by atoms with Gasteiger partial charge in [-0.05, 0) is 24.5 Å². The molecule has 0 aliphatic carbocycles. The van der Waals surface area contributed by atoms with Crippen LogP contribution in [-0.4, -0.2) is 35.8 Å². The Bertz CT molecular complexity index is 502. The van der Waals surface area contributed by atoms with Crippen molar-refractivity contribution in [3.05, 3.63) is 33.9 Å². The van der Waals surface area contributed by atoms with Gasteiger partial charge in [0.2, 0.25) is 0 Å². The Balaban J connectivity index is 2.51. The molecule has 0 aromatic heterocycles. The smallest absolute Gasteiger partial charge is 0.342 e. The largest absolute Gasteiger partial charge is 0.477 e. The Hall–Kier alpha value is -2.15. The highest BCUT2D eigenvalue weighted by molar-refractivity contribution is 5.93. The van der Waals surface area contributed by atoms with E-state index in [9.17, 15) is 14.9 Å². The quantitative estimate of drug-likeness (QED) is 0.413. The second-order valence-corrected chi connectivity index (χ2v) is 5.04. The molecule has 0 fully saturated rings. The molecule has 7 heteroatoms. The minimum atomic E-state index is -1.31. The van der Waals surface area contributed by atoms with Crippen LogP contribution in [-0.2, 0) is 4.74 Å². The number of aromatic carboxylic acids is 1. The van der Waals surface area contributed by atoms with Crippen LogP contribution in [0.3, 0.4) is 0 Å². The molecule has 0 saturated carbocycles. The van der Waals surface area contributed by atoms with E-state index in [0.717, 1.165) is 6.42 Å². The van der Waals surface area contributed by atoms with Crippen LogP contribution in [0.5, 0.6) is 0 Å². The van der Waals surface area contributed by atoms with Crippen molar-refractivity contribution >= 4 is 17.3 Å². The average Bonchev–Trinajstić information content (AvgIpc) is 2.41. The summed E-state index contributed by atoms with van der Waals surface area (Å²) in [6.45, 7) is 6.06. The van der Waals surface area contributed by atoms with Crippen LogP contribution in [0.4, 0.5) is 11.4 Å². The number of nitrogens with zero attached hydrogens (tertiary/aromatic N) is 1. The van der Waals surface area contributed by atoms with Gasteiger partial charge < -0.3 is 15.2 Å². The summed E-state index contributed by atoms with van der Waals surface area (Å²) in [6, 6.07) is 3.99. The standard InChI is InChI=1S/C14H20N2O5/c1-10(2)9-21-7-3-6-15-11-4-5-12(14(17)18)13(8-11)16(19)20/h4-5,8,10,15H,3,6-7,9H2,1-2H3,(H,17,18). The zero-order valence-electron chi connectivity index (χ0n) is 12.2. The minimum absolute atomic E-state index is 0.314. The minimum Gasteiger partial charge on any atom is -0.477 e. The maximum absolute atomic E-state index is 10.9. The number of rotatable bonds is 9. The highest BCUT2D eigenvalue weighted by atomic mass is 16.6. The summed E-state index contributed by atoms with van der Waals surface area (Å²) in [5, 5.41) is 22.8. The fraction of sp³-hybridized carbons (Fsp3) is 0.500. The number of anilines is 1. The van der Waals surface area contributed by atoms with Gasteiger partial charge in [0.25, 0.3) is 5.69 Å². The zero-order valence-corrected chi connectivity index (χ0v) is 12.2. The monoisotopic (exact) mass is 296 g/mol. The Morgan fingerprint density at radius 2 is 2.19 bits per heavy atom. The second kappa shape index (κ2) is 8.21. The fourth-order valence-electron chi connectivity index (χ4n) is 1.70. The Labute approximate surface area is 123 Å². The van der Waals surface area contributed by atoms with Crippen molar-refractivity contribution in [3.63, 3.8) is 0 Å². The van der Waals surface area contributed by atoms with Crippen molar-refractivity contribution in [1.82, 2.24) is 0 Å². The van der Waals surface area contributed by atoms with E-state index in [-0.39, 0.29) is 5.56 Å². The van der Waals surface area contributed by atoms with Crippen molar-refractivity contribution in [2.45, 2.75) is 20.3 Å². The van der Waals surface area contributed by atoms with Gasteiger partial charge in [0, 0.05) is 31.5 Å². The number of carboxylic acid groups (broad SMARTS) is 1. The van der Waals surface area contributed by atoms with Gasteiger partial charge in [-0.3, -0.25) is 10.1 Å². The summed E-state index contributed by atoms with van der Waals surface area (Å²) in [7, 11) is 0. The lowest BCUT2D eigenvalue weighted by molar-refractivity contribution is -0.385. The maximum Gasteiger partial charge on any atom is 0.342 e.